The summed E-state index contributed by atoms with van der Waals surface area (Å²) in [7, 11) is -3.67. The minimum atomic E-state index is -3.67. The van der Waals surface area contributed by atoms with Crippen LogP contribution >= 0.6 is 0 Å². The second-order valence-corrected chi connectivity index (χ2v) is 10.8. The number of sulfonamides is 1. The van der Waals surface area contributed by atoms with Crippen LogP contribution in [0.2, 0.25) is 0 Å². The zero-order valence-corrected chi connectivity index (χ0v) is 18.2. The van der Waals surface area contributed by atoms with E-state index in [4.69, 9.17) is 5.73 Å². The van der Waals surface area contributed by atoms with Gasteiger partial charge < -0.3 is 10.8 Å². The SMILES string of the molecule is C[C@H]1CC[C@H](c2ccccc2)S(=O)(=O)N1Cc1ccc(C2(C(N)=O)CC(O)C2)cc1F. The number of nitrogens with two attached hydrogens (primary N) is 1. The molecule has 4 rings (SSSR count). The summed E-state index contributed by atoms with van der Waals surface area (Å²) < 4.78 is 43.1. The van der Waals surface area contributed by atoms with Crippen molar-refractivity contribution in [2.75, 3.05) is 0 Å². The summed E-state index contributed by atoms with van der Waals surface area (Å²) in [5.41, 5.74) is 5.86. The minimum absolute atomic E-state index is 0.0782. The van der Waals surface area contributed by atoms with E-state index in [1.807, 2.05) is 37.3 Å². The van der Waals surface area contributed by atoms with Crippen LogP contribution in [-0.2, 0) is 26.8 Å². The summed E-state index contributed by atoms with van der Waals surface area (Å²) in [5, 5.41) is 9.01. The molecule has 31 heavy (non-hydrogen) atoms. The number of amides is 1. The van der Waals surface area contributed by atoms with Gasteiger partial charge in [0, 0.05) is 18.2 Å². The lowest BCUT2D eigenvalue weighted by molar-refractivity contribution is -0.131. The lowest BCUT2D eigenvalue weighted by Crippen LogP contribution is -2.53. The molecule has 2 atom stereocenters. The molecule has 2 fully saturated rings. The van der Waals surface area contributed by atoms with Crippen molar-refractivity contribution in [1.29, 1.82) is 0 Å². The van der Waals surface area contributed by atoms with E-state index in [1.165, 1.54) is 16.4 Å². The highest BCUT2D eigenvalue weighted by Gasteiger charge is 2.50. The molecule has 6 nitrogen and oxygen atoms in total. The minimum Gasteiger partial charge on any atom is -0.393 e. The average Bonchev–Trinajstić information content (AvgIpc) is 2.69. The number of primary amides is 1. The van der Waals surface area contributed by atoms with Crippen molar-refractivity contribution in [3.8, 4) is 0 Å². The first-order valence-corrected chi connectivity index (χ1v) is 12.0. The molecule has 166 valence electrons. The highest BCUT2D eigenvalue weighted by atomic mass is 32.2. The van der Waals surface area contributed by atoms with Gasteiger partial charge in [-0.2, -0.15) is 4.31 Å². The van der Waals surface area contributed by atoms with Crippen molar-refractivity contribution in [2.24, 2.45) is 5.73 Å². The molecule has 1 amide bonds. The predicted molar refractivity (Wildman–Crippen MR) is 115 cm³/mol. The van der Waals surface area contributed by atoms with Crippen LogP contribution < -0.4 is 5.73 Å². The number of aliphatic hydroxyl groups excluding tert-OH is 1. The zero-order chi connectivity index (χ0) is 22.4. The smallest absolute Gasteiger partial charge is 0.228 e. The Morgan fingerprint density at radius 2 is 1.87 bits per heavy atom. The van der Waals surface area contributed by atoms with Crippen molar-refractivity contribution < 1.29 is 22.7 Å². The van der Waals surface area contributed by atoms with Crippen LogP contribution in [0.4, 0.5) is 4.39 Å². The zero-order valence-electron chi connectivity index (χ0n) is 17.4. The molecule has 1 aliphatic carbocycles. The third kappa shape index (κ3) is 3.77. The molecule has 0 spiro atoms. The van der Waals surface area contributed by atoms with E-state index in [1.54, 1.807) is 6.07 Å². The molecular formula is C23H27FN2O4S. The molecule has 2 aromatic rings. The van der Waals surface area contributed by atoms with Gasteiger partial charge in [0.1, 0.15) is 11.1 Å². The molecule has 0 aromatic heterocycles. The third-order valence-corrected chi connectivity index (χ3v) is 9.14. The molecule has 3 N–H and O–H groups in total. The average molecular weight is 447 g/mol. The Hall–Kier alpha value is -2.29. The first-order valence-electron chi connectivity index (χ1n) is 10.5. The fourth-order valence-electron chi connectivity index (χ4n) is 4.82. The van der Waals surface area contributed by atoms with E-state index in [2.05, 4.69) is 0 Å². The summed E-state index contributed by atoms with van der Waals surface area (Å²) in [6, 6.07) is 13.2. The van der Waals surface area contributed by atoms with Gasteiger partial charge in [-0.05, 0) is 49.8 Å². The van der Waals surface area contributed by atoms with Crippen molar-refractivity contribution in [3.63, 3.8) is 0 Å². The van der Waals surface area contributed by atoms with E-state index < -0.39 is 38.5 Å². The number of benzene rings is 2. The highest BCUT2D eigenvalue weighted by molar-refractivity contribution is 7.89. The second-order valence-electron chi connectivity index (χ2n) is 8.73. The maximum atomic E-state index is 15.0. The van der Waals surface area contributed by atoms with E-state index >= 15 is 4.39 Å². The normalized spacial score (nSPS) is 30.5. The number of rotatable bonds is 5. The van der Waals surface area contributed by atoms with Gasteiger partial charge >= 0.3 is 0 Å². The van der Waals surface area contributed by atoms with E-state index in [0.29, 0.717) is 18.4 Å². The molecule has 8 heteroatoms. The van der Waals surface area contributed by atoms with Gasteiger partial charge in [0.2, 0.25) is 15.9 Å². The molecular weight excluding hydrogens is 419 g/mol. The van der Waals surface area contributed by atoms with Gasteiger partial charge in [-0.3, -0.25) is 4.79 Å². The molecule has 0 radical (unpaired) electrons. The van der Waals surface area contributed by atoms with Gasteiger partial charge in [0.25, 0.3) is 0 Å². The largest absolute Gasteiger partial charge is 0.393 e. The fraction of sp³-hybridized carbons (Fsp3) is 0.435. The number of carbonyl (C=O) groups is 1. The Morgan fingerprint density at radius 1 is 1.19 bits per heavy atom. The summed E-state index contributed by atoms with van der Waals surface area (Å²) >= 11 is 0. The third-order valence-electron chi connectivity index (χ3n) is 6.77. The van der Waals surface area contributed by atoms with Crippen molar-refractivity contribution in [3.05, 3.63) is 71.0 Å². The van der Waals surface area contributed by atoms with E-state index in [9.17, 15) is 18.3 Å². The number of carbonyl (C=O) groups excluding carboxylic acids is 1. The molecule has 2 aliphatic rings. The summed E-state index contributed by atoms with van der Waals surface area (Å²) in [6.07, 6.45) is 0.898. The Balaban J connectivity index is 1.61. The van der Waals surface area contributed by atoms with Crippen molar-refractivity contribution in [2.45, 2.75) is 62.0 Å². The summed E-state index contributed by atoms with van der Waals surface area (Å²) in [5.74, 6) is -1.17. The van der Waals surface area contributed by atoms with Gasteiger partial charge in [0.05, 0.1) is 11.5 Å². The highest BCUT2D eigenvalue weighted by Crippen LogP contribution is 2.44. The maximum Gasteiger partial charge on any atom is 0.228 e. The first-order chi connectivity index (χ1) is 14.6. The van der Waals surface area contributed by atoms with Crippen LogP contribution in [0.15, 0.2) is 48.5 Å². The molecule has 1 saturated carbocycles. The number of hydrogen-bond acceptors (Lipinski definition) is 4. The van der Waals surface area contributed by atoms with Crippen molar-refractivity contribution in [1.82, 2.24) is 4.31 Å². The number of aliphatic hydroxyl groups is 1. The van der Waals surface area contributed by atoms with Crippen LogP contribution in [0.1, 0.15) is 54.5 Å². The van der Waals surface area contributed by atoms with Crippen LogP contribution in [0.3, 0.4) is 0 Å². The Labute approximate surface area is 181 Å². The first kappa shape index (κ1) is 21.9. The quantitative estimate of drug-likeness (QED) is 0.737. The van der Waals surface area contributed by atoms with Crippen LogP contribution in [0.5, 0.6) is 0 Å². The molecule has 1 saturated heterocycles. The van der Waals surface area contributed by atoms with Gasteiger partial charge in [-0.1, -0.05) is 42.5 Å². The maximum absolute atomic E-state index is 15.0. The Kier molecular flexibility index (Phi) is 5.66. The standard InChI is InChI=1S/C23H27FN2O4S/c1-15-7-10-21(16-5-3-2-4-6-16)31(29,30)26(15)14-17-8-9-18(11-20(17)24)23(22(25)28)12-19(27)13-23/h2-6,8-9,11,15,19,21,27H,7,10,12-14H2,1H3,(H2,25,28)/t15-,19?,21+,23?/m0/s1. The summed E-state index contributed by atoms with van der Waals surface area (Å²) in [4.78, 5) is 12.0. The lowest BCUT2D eigenvalue weighted by atomic mass is 9.62. The fourth-order valence-corrected chi connectivity index (χ4v) is 7.00. The monoisotopic (exact) mass is 446 g/mol. The Bertz CT molecular complexity index is 1080. The molecule has 1 heterocycles. The van der Waals surface area contributed by atoms with Crippen LogP contribution in [0, 0.1) is 5.82 Å². The van der Waals surface area contributed by atoms with E-state index in [0.717, 1.165) is 5.56 Å². The van der Waals surface area contributed by atoms with Gasteiger partial charge in [0.15, 0.2) is 0 Å². The van der Waals surface area contributed by atoms with Crippen LogP contribution in [-0.4, -0.2) is 35.9 Å². The molecule has 1 aliphatic heterocycles. The number of halogens is 1. The Morgan fingerprint density at radius 3 is 2.45 bits per heavy atom. The second kappa shape index (κ2) is 8.00. The molecule has 0 unspecified atom stereocenters. The number of nitrogens with zero attached hydrogens (tertiary/aromatic N) is 1. The van der Waals surface area contributed by atoms with Crippen molar-refractivity contribution >= 4 is 15.9 Å². The summed E-state index contributed by atoms with van der Waals surface area (Å²) in [6.45, 7) is 1.76. The molecule has 0 bridgehead atoms. The van der Waals surface area contributed by atoms with Gasteiger partial charge in [-0.25, -0.2) is 12.8 Å². The molecule has 2 aromatic carbocycles. The van der Waals surface area contributed by atoms with Gasteiger partial charge in [-0.15, -0.1) is 0 Å². The predicted octanol–water partition coefficient (Wildman–Crippen LogP) is 2.76. The number of hydrogen-bond donors (Lipinski definition) is 2. The lowest BCUT2D eigenvalue weighted by Gasteiger charge is -2.43. The van der Waals surface area contributed by atoms with E-state index in [-0.39, 0.29) is 31.0 Å². The van der Waals surface area contributed by atoms with Crippen LogP contribution in [0.25, 0.3) is 0 Å². The topological polar surface area (TPSA) is 101 Å².